The number of aliphatic hydroxyl groups is 5. The Morgan fingerprint density at radius 1 is 0.911 bits per heavy atom. The second-order valence-electron chi connectivity index (χ2n) is 12.2. The van der Waals surface area contributed by atoms with Crippen molar-refractivity contribution in [2.45, 2.75) is 87.5 Å². The number of halogens is 2. The first-order valence-electron chi connectivity index (χ1n) is 15.7. The molecule has 3 aromatic rings. The van der Waals surface area contributed by atoms with Crippen LogP contribution in [0.2, 0.25) is 10.0 Å². The number of aliphatic hydroxyl groups excluding tert-OH is 5. The summed E-state index contributed by atoms with van der Waals surface area (Å²) >= 11 is 13.4. The van der Waals surface area contributed by atoms with E-state index in [0.29, 0.717) is 29.2 Å². The van der Waals surface area contributed by atoms with Crippen LogP contribution in [0.3, 0.4) is 0 Å². The monoisotopic (exact) mass is 659 g/mol. The molecule has 2 aromatic carbocycles. The van der Waals surface area contributed by atoms with Crippen LogP contribution in [0, 0.1) is 0 Å². The van der Waals surface area contributed by atoms with Gasteiger partial charge in [-0.15, -0.1) is 0 Å². The van der Waals surface area contributed by atoms with Gasteiger partial charge in [-0.05, 0) is 98.0 Å². The van der Waals surface area contributed by atoms with Gasteiger partial charge in [-0.1, -0.05) is 41.4 Å². The Labute approximate surface area is 274 Å². The van der Waals surface area contributed by atoms with Gasteiger partial charge in [0.1, 0.15) is 24.1 Å². The van der Waals surface area contributed by atoms with E-state index in [9.17, 15) is 20.4 Å². The lowest BCUT2D eigenvalue weighted by Gasteiger charge is -2.25. The number of benzene rings is 2. The molecule has 0 aliphatic heterocycles. The van der Waals surface area contributed by atoms with E-state index in [1.807, 2.05) is 42.7 Å². The number of unbranched alkanes of at least 4 members (excludes halogenated alkanes) is 1. The maximum absolute atomic E-state index is 10.0. The molecule has 2 aliphatic rings. The molecule has 0 spiro atoms. The zero-order valence-corrected chi connectivity index (χ0v) is 26.7. The van der Waals surface area contributed by atoms with Crippen LogP contribution >= 0.6 is 23.2 Å². The van der Waals surface area contributed by atoms with E-state index in [1.54, 1.807) is 0 Å². The Kier molecular flexibility index (Phi) is 11.7. The minimum absolute atomic E-state index is 0.0352. The molecule has 2 saturated carbocycles. The quantitative estimate of drug-likeness (QED) is 0.102. The van der Waals surface area contributed by atoms with Crippen molar-refractivity contribution in [1.82, 2.24) is 15.6 Å². The number of ether oxygens (including phenoxy) is 1. The first kappa shape index (κ1) is 34.0. The third-order valence-electron chi connectivity index (χ3n) is 8.64. The second-order valence-corrected chi connectivity index (χ2v) is 13.0. The molecule has 0 amide bonds. The Hall–Kier alpha value is -2.31. The average Bonchev–Trinajstić information content (AvgIpc) is 4.00. The number of nitrogens with zero attached hydrogens (tertiary/aromatic N) is 1. The van der Waals surface area contributed by atoms with Crippen molar-refractivity contribution >= 4 is 23.2 Å². The Morgan fingerprint density at radius 2 is 1.62 bits per heavy atom. The lowest BCUT2D eigenvalue weighted by molar-refractivity contribution is -0.113. The highest BCUT2D eigenvalue weighted by molar-refractivity contribution is 6.34. The summed E-state index contributed by atoms with van der Waals surface area (Å²) in [7, 11) is 0. The minimum Gasteiger partial charge on any atom is -0.490 e. The largest absolute Gasteiger partial charge is 0.490 e. The third-order valence-corrected chi connectivity index (χ3v) is 9.35. The predicted octanol–water partition coefficient (Wildman–Crippen LogP) is 3.72. The van der Waals surface area contributed by atoms with Gasteiger partial charge in [0.05, 0.1) is 18.8 Å². The van der Waals surface area contributed by atoms with Crippen LogP contribution in [0.5, 0.6) is 5.75 Å². The van der Waals surface area contributed by atoms with Crippen LogP contribution in [-0.2, 0) is 18.5 Å². The lowest BCUT2D eigenvalue weighted by atomic mass is 9.94. The van der Waals surface area contributed by atoms with E-state index < -0.39 is 31.0 Å². The smallest absolute Gasteiger partial charge is 0.127 e. The summed E-state index contributed by atoms with van der Waals surface area (Å²) in [6.07, 6.45) is 4.64. The molecule has 244 valence electrons. The third kappa shape index (κ3) is 8.74. The number of aromatic nitrogens is 1. The van der Waals surface area contributed by atoms with Crippen LogP contribution in [0.25, 0.3) is 11.1 Å². The average molecular weight is 661 g/mol. The molecule has 11 heteroatoms. The summed E-state index contributed by atoms with van der Waals surface area (Å²) in [6.45, 7) is 0.468. The topological polar surface area (TPSA) is 147 Å². The summed E-state index contributed by atoms with van der Waals surface area (Å²) in [5.74, 6) is 0.913. The Bertz CT molecular complexity index is 1420. The summed E-state index contributed by atoms with van der Waals surface area (Å²) in [5, 5.41) is 56.1. The van der Waals surface area contributed by atoms with E-state index in [1.165, 1.54) is 0 Å². The number of pyridine rings is 1. The van der Waals surface area contributed by atoms with Gasteiger partial charge in [-0.25, -0.2) is 0 Å². The van der Waals surface area contributed by atoms with E-state index in [4.69, 9.17) is 33.0 Å². The van der Waals surface area contributed by atoms with Gasteiger partial charge in [-0.2, -0.15) is 0 Å². The molecule has 5 rings (SSSR count). The second kappa shape index (κ2) is 15.5. The van der Waals surface area contributed by atoms with Crippen LogP contribution in [0.4, 0.5) is 0 Å². The fourth-order valence-corrected chi connectivity index (χ4v) is 6.09. The molecule has 45 heavy (non-hydrogen) atoms. The maximum Gasteiger partial charge on any atom is 0.127 e. The minimum atomic E-state index is -1.63. The molecule has 1 heterocycles. The van der Waals surface area contributed by atoms with Gasteiger partial charge in [0, 0.05) is 46.6 Å². The molecule has 0 unspecified atom stereocenters. The van der Waals surface area contributed by atoms with E-state index >= 15 is 0 Å². The van der Waals surface area contributed by atoms with Crippen molar-refractivity contribution in [2.24, 2.45) is 0 Å². The van der Waals surface area contributed by atoms with Gasteiger partial charge >= 0.3 is 0 Å². The van der Waals surface area contributed by atoms with Crippen molar-refractivity contribution in [3.05, 3.63) is 81.6 Å². The lowest BCUT2D eigenvalue weighted by Crippen LogP contribution is -2.49. The van der Waals surface area contributed by atoms with Crippen LogP contribution in [-0.4, -0.2) is 80.7 Å². The summed E-state index contributed by atoms with van der Waals surface area (Å²) < 4.78 is 6.23. The highest BCUT2D eigenvalue weighted by Gasteiger charge is 2.46. The SMILES string of the molecule is OC[C@@H](O)[C@@H](O)[C@H](O)[C@@H](O)CNCCCCc1cc(Cl)c(CNC2(c3cnccc3-c3ccccc3OC3CC3)CC2)cc1Cl. The van der Waals surface area contributed by atoms with Gasteiger partial charge in [0.2, 0.25) is 0 Å². The molecule has 1 aromatic heterocycles. The van der Waals surface area contributed by atoms with Crippen molar-refractivity contribution in [2.75, 3.05) is 19.7 Å². The van der Waals surface area contributed by atoms with Gasteiger partial charge in [-0.3, -0.25) is 4.98 Å². The van der Waals surface area contributed by atoms with Crippen molar-refractivity contribution in [1.29, 1.82) is 0 Å². The molecule has 4 atom stereocenters. The predicted molar refractivity (Wildman–Crippen MR) is 174 cm³/mol. The number of para-hydroxylation sites is 1. The summed E-state index contributed by atoms with van der Waals surface area (Å²) in [5.41, 5.74) is 5.07. The van der Waals surface area contributed by atoms with E-state index in [2.05, 4.69) is 27.8 Å². The van der Waals surface area contributed by atoms with Gasteiger partial charge < -0.3 is 40.9 Å². The molecule has 2 aliphatic carbocycles. The number of aryl methyl sites for hydroxylation is 1. The highest BCUT2D eigenvalue weighted by atomic mass is 35.5. The first-order chi connectivity index (χ1) is 21.7. The van der Waals surface area contributed by atoms with Gasteiger partial charge in [0.25, 0.3) is 0 Å². The van der Waals surface area contributed by atoms with Gasteiger partial charge in [0.15, 0.2) is 0 Å². The first-order valence-corrected chi connectivity index (χ1v) is 16.4. The molecule has 0 saturated heterocycles. The molecular weight excluding hydrogens is 617 g/mol. The molecular formula is C34H43Cl2N3O6. The Morgan fingerprint density at radius 3 is 2.36 bits per heavy atom. The Balaban J connectivity index is 1.13. The molecule has 0 bridgehead atoms. The number of hydrogen-bond acceptors (Lipinski definition) is 9. The van der Waals surface area contributed by atoms with Crippen molar-refractivity contribution in [3.63, 3.8) is 0 Å². The maximum atomic E-state index is 10.0. The van der Waals surface area contributed by atoms with Crippen LogP contribution in [0.15, 0.2) is 54.9 Å². The zero-order valence-electron chi connectivity index (χ0n) is 25.2. The molecule has 9 nitrogen and oxygen atoms in total. The fraction of sp³-hybridized carbons (Fsp3) is 0.500. The number of nitrogens with one attached hydrogen (secondary N) is 2. The van der Waals surface area contributed by atoms with Crippen molar-refractivity contribution in [3.8, 4) is 16.9 Å². The summed E-state index contributed by atoms with van der Waals surface area (Å²) in [6, 6.07) is 14.2. The molecule has 0 radical (unpaired) electrons. The zero-order chi connectivity index (χ0) is 32.0. The van der Waals surface area contributed by atoms with E-state index in [0.717, 1.165) is 78.5 Å². The van der Waals surface area contributed by atoms with E-state index in [-0.39, 0.29) is 12.1 Å². The highest BCUT2D eigenvalue weighted by Crippen LogP contribution is 2.50. The standard InChI is InChI=1S/C34H43Cl2N3O6/c35-27-16-22(28(36)15-21(27)5-3-4-13-37-19-29(41)32(43)33(44)30(42)20-40)17-39-34(11-12-34)26-18-38-14-10-24(26)25-6-1-2-7-31(25)45-23-8-9-23/h1-2,6-7,10,14-16,18,23,29-30,32-33,37,39-44H,3-5,8-9,11-13,17,19-20H2/t29-,30+,32+,33+/m0/s1. The fourth-order valence-electron chi connectivity index (χ4n) is 5.55. The van der Waals surface area contributed by atoms with Crippen LogP contribution < -0.4 is 15.4 Å². The van der Waals surface area contributed by atoms with Crippen molar-refractivity contribution < 1.29 is 30.3 Å². The number of rotatable bonds is 18. The molecule has 2 fully saturated rings. The normalized spacial score (nSPS) is 18.3. The molecule has 7 N–H and O–H groups in total. The summed E-state index contributed by atoms with van der Waals surface area (Å²) in [4.78, 5) is 4.47. The van der Waals surface area contributed by atoms with Crippen LogP contribution in [0.1, 0.15) is 55.2 Å². The number of hydrogen-bond donors (Lipinski definition) is 7.